The van der Waals surface area contributed by atoms with E-state index in [1.807, 2.05) is 0 Å². The first-order chi connectivity index (χ1) is 7.57. The molecule has 1 radical (unpaired) electrons. The van der Waals surface area contributed by atoms with E-state index in [9.17, 15) is 9.59 Å². The first-order valence-electron chi connectivity index (χ1n) is 4.98. The molecular formula is C10H13N4O2. The lowest BCUT2D eigenvalue weighted by Gasteiger charge is -2.06. The van der Waals surface area contributed by atoms with Crippen LogP contribution in [-0.2, 0) is 20.6 Å². The molecule has 0 fully saturated rings. The van der Waals surface area contributed by atoms with E-state index in [0.717, 1.165) is 0 Å². The summed E-state index contributed by atoms with van der Waals surface area (Å²) in [7, 11) is 3.34. The molecule has 0 N–H and O–H groups in total. The average molecular weight is 221 g/mol. The fourth-order valence-corrected chi connectivity index (χ4v) is 1.75. The highest BCUT2D eigenvalue weighted by Gasteiger charge is 2.13. The highest BCUT2D eigenvalue weighted by atomic mass is 16.2. The molecule has 0 aliphatic rings. The van der Waals surface area contributed by atoms with Crippen molar-refractivity contribution in [2.75, 3.05) is 0 Å². The van der Waals surface area contributed by atoms with Crippen LogP contribution in [-0.4, -0.2) is 18.7 Å². The monoisotopic (exact) mass is 221 g/mol. The van der Waals surface area contributed by atoms with Crippen LogP contribution >= 0.6 is 0 Å². The summed E-state index contributed by atoms with van der Waals surface area (Å²) in [5.41, 5.74) is 0.204. The van der Waals surface area contributed by atoms with Crippen LogP contribution in [0.15, 0.2) is 15.9 Å². The molecule has 85 valence electrons. The molecule has 0 aromatic carbocycles. The van der Waals surface area contributed by atoms with Gasteiger partial charge in [-0.3, -0.25) is 13.9 Å². The average Bonchev–Trinajstić information content (AvgIpc) is 2.64. The maximum absolute atomic E-state index is 12.0. The molecule has 2 rings (SSSR count). The zero-order chi connectivity index (χ0) is 11.9. The summed E-state index contributed by atoms with van der Waals surface area (Å²) in [4.78, 5) is 27.9. The van der Waals surface area contributed by atoms with Gasteiger partial charge in [-0.1, -0.05) is 6.92 Å². The molecule has 6 nitrogen and oxygen atoms in total. The van der Waals surface area contributed by atoms with Crippen LogP contribution in [0.4, 0.5) is 0 Å². The molecular weight excluding hydrogens is 208 g/mol. The second kappa shape index (κ2) is 3.62. The van der Waals surface area contributed by atoms with Crippen LogP contribution in [0.3, 0.4) is 0 Å². The molecule has 0 saturated carbocycles. The van der Waals surface area contributed by atoms with Gasteiger partial charge in [0.2, 0.25) is 0 Å². The van der Waals surface area contributed by atoms with Crippen molar-refractivity contribution in [2.45, 2.75) is 13.0 Å². The number of imidazole rings is 1. The normalized spacial score (nSPS) is 11.2. The van der Waals surface area contributed by atoms with Crippen LogP contribution in [0.5, 0.6) is 0 Å². The van der Waals surface area contributed by atoms with E-state index in [1.165, 1.54) is 15.5 Å². The van der Waals surface area contributed by atoms with E-state index in [0.29, 0.717) is 24.1 Å². The standard InChI is InChI=1S/C10H13N4O2/c1-4-5-14-9(15)7-8(11-6-12(7)2)13(3)10(14)16/h6H,1,4-5H2,2-3H3. The van der Waals surface area contributed by atoms with Gasteiger partial charge in [-0.25, -0.2) is 9.78 Å². The largest absolute Gasteiger partial charge is 0.332 e. The molecule has 0 aliphatic heterocycles. The van der Waals surface area contributed by atoms with Crippen LogP contribution in [0.1, 0.15) is 6.42 Å². The minimum Gasteiger partial charge on any atom is -0.328 e. The lowest BCUT2D eigenvalue weighted by atomic mass is 10.4. The fourth-order valence-electron chi connectivity index (χ4n) is 1.75. The Labute approximate surface area is 91.8 Å². The smallest absolute Gasteiger partial charge is 0.328 e. The van der Waals surface area contributed by atoms with Crippen molar-refractivity contribution >= 4 is 11.2 Å². The van der Waals surface area contributed by atoms with Gasteiger partial charge in [0.1, 0.15) is 0 Å². The van der Waals surface area contributed by atoms with Gasteiger partial charge >= 0.3 is 5.69 Å². The Balaban J connectivity index is 2.98. The third kappa shape index (κ3) is 1.30. The lowest BCUT2D eigenvalue weighted by Crippen LogP contribution is -2.39. The summed E-state index contributed by atoms with van der Waals surface area (Å²) >= 11 is 0. The first kappa shape index (κ1) is 10.7. The number of fused-ring (bicyclic) bond motifs is 1. The van der Waals surface area contributed by atoms with Crippen molar-refractivity contribution in [3.63, 3.8) is 0 Å². The van der Waals surface area contributed by atoms with Gasteiger partial charge in [0.05, 0.1) is 6.33 Å². The Morgan fingerprint density at radius 1 is 1.38 bits per heavy atom. The lowest BCUT2D eigenvalue weighted by molar-refractivity contribution is 0.607. The predicted octanol–water partition coefficient (Wildman–Crippen LogP) is -0.342. The van der Waals surface area contributed by atoms with E-state index >= 15 is 0 Å². The number of rotatable bonds is 2. The Morgan fingerprint density at radius 3 is 2.69 bits per heavy atom. The van der Waals surface area contributed by atoms with Gasteiger partial charge in [0, 0.05) is 20.6 Å². The zero-order valence-electron chi connectivity index (χ0n) is 9.30. The minimum absolute atomic E-state index is 0.304. The quantitative estimate of drug-likeness (QED) is 0.697. The maximum atomic E-state index is 12.0. The minimum atomic E-state index is -0.347. The molecule has 16 heavy (non-hydrogen) atoms. The topological polar surface area (TPSA) is 61.8 Å². The molecule has 2 aromatic heterocycles. The summed E-state index contributed by atoms with van der Waals surface area (Å²) in [5.74, 6) is 0. The second-order valence-electron chi connectivity index (χ2n) is 3.68. The Hall–Kier alpha value is -1.85. The van der Waals surface area contributed by atoms with Crippen LogP contribution < -0.4 is 11.2 Å². The number of hydrogen-bond donors (Lipinski definition) is 0. The Bertz CT molecular complexity index is 647. The highest BCUT2D eigenvalue weighted by Crippen LogP contribution is 2.02. The Kier molecular flexibility index (Phi) is 2.41. The van der Waals surface area contributed by atoms with Crippen molar-refractivity contribution in [1.82, 2.24) is 18.7 Å². The molecule has 0 saturated heterocycles. The van der Waals surface area contributed by atoms with Crippen molar-refractivity contribution in [1.29, 1.82) is 0 Å². The molecule has 0 atom stereocenters. The number of aromatic nitrogens is 4. The van der Waals surface area contributed by atoms with E-state index in [1.54, 1.807) is 18.7 Å². The molecule has 0 amide bonds. The molecule has 6 heteroatoms. The van der Waals surface area contributed by atoms with E-state index < -0.39 is 0 Å². The van der Waals surface area contributed by atoms with Gasteiger partial charge in [-0.05, 0) is 6.42 Å². The Morgan fingerprint density at radius 2 is 2.06 bits per heavy atom. The van der Waals surface area contributed by atoms with Gasteiger partial charge < -0.3 is 4.57 Å². The summed E-state index contributed by atoms with van der Waals surface area (Å²) in [6.07, 6.45) is 2.03. The molecule has 2 heterocycles. The van der Waals surface area contributed by atoms with E-state index in [-0.39, 0.29) is 11.2 Å². The van der Waals surface area contributed by atoms with Gasteiger partial charge in [-0.15, -0.1) is 0 Å². The van der Waals surface area contributed by atoms with Crippen molar-refractivity contribution in [2.24, 2.45) is 14.1 Å². The molecule has 0 spiro atoms. The summed E-state index contributed by atoms with van der Waals surface area (Å²) < 4.78 is 4.19. The van der Waals surface area contributed by atoms with E-state index in [2.05, 4.69) is 11.9 Å². The molecule has 0 unspecified atom stereocenters. The van der Waals surface area contributed by atoms with Gasteiger partial charge in [-0.2, -0.15) is 0 Å². The molecule has 0 bridgehead atoms. The summed E-state index contributed by atoms with van der Waals surface area (Å²) in [6.45, 7) is 3.98. The van der Waals surface area contributed by atoms with Crippen LogP contribution in [0.25, 0.3) is 11.2 Å². The van der Waals surface area contributed by atoms with Crippen LogP contribution in [0, 0.1) is 6.92 Å². The number of hydrogen-bond acceptors (Lipinski definition) is 3. The fraction of sp³-hybridized carbons (Fsp3) is 0.400. The van der Waals surface area contributed by atoms with Gasteiger partial charge in [0.15, 0.2) is 11.2 Å². The third-order valence-electron chi connectivity index (χ3n) is 2.58. The summed E-state index contributed by atoms with van der Waals surface area (Å²) in [6, 6.07) is 0. The summed E-state index contributed by atoms with van der Waals surface area (Å²) in [5, 5.41) is 0. The van der Waals surface area contributed by atoms with Crippen molar-refractivity contribution in [3.05, 3.63) is 34.1 Å². The van der Waals surface area contributed by atoms with Gasteiger partial charge in [0.25, 0.3) is 5.56 Å². The SMILES string of the molecule is [CH2]CCn1c(=O)c2c(ncn2C)n(C)c1=O. The van der Waals surface area contributed by atoms with Crippen molar-refractivity contribution in [3.8, 4) is 0 Å². The number of aryl methyl sites for hydroxylation is 2. The third-order valence-corrected chi connectivity index (χ3v) is 2.58. The maximum Gasteiger partial charge on any atom is 0.332 e. The molecule has 2 aromatic rings. The number of nitrogens with zero attached hydrogens (tertiary/aromatic N) is 4. The first-order valence-corrected chi connectivity index (χ1v) is 4.98. The second-order valence-corrected chi connectivity index (χ2v) is 3.68. The highest BCUT2D eigenvalue weighted by molar-refractivity contribution is 5.69. The molecule has 0 aliphatic carbocycles. The zero-order valence-corrected chi connectivity index (χ0v) is 9.30. The van der Waals surface area contributed by atoms with E-state index in [4.69, 9.17) is 0 Å². The van der Waals surface area contributed by atoms with Crippen molar-refractivity contribution < 1.29 is 0 Å². The van der Waals surface area contributed by atoms with Crippen LogP contribution in [0.2, 0.25) is 0 Å². The predicted molar refractivity (Wildman–Crippen MR) is 60.2 cm³/mol.